The van der Waals surface area contributed by atoms with Crippen molar-refractivity contribution in [2.45, 2.75) is 17.1 Å². The summed E-state index contributed by atoms with van der Waals surface area (Å²) >= 11 is 0.713. The zero-order valence-electron chi connectivity index (χ0n) is 10.2. The number of carboxylic acids is 1. The largest absolute Gasteiger partial charge is 0.481 e. The van der Waals surface area contributed by atoms with Gasteiger partial charge in [0.2, 0.25) is 9.84 Å². The number of hydrogen-bond donors (Lipinski definition) is 1. The van der Waals surface area contributed by atoms with Crippen LogP contribution in [0.3, 0.4) is 0 Å². The van der Waals surface area contributed by atoms with Crippen LogP contribution in [-0.4, -0.2) is 49.7 Å². The molecule has 0 aliphatic carbocycles. The summed E-state index contributed by atoms with van der Waals surface area (Å²) in [6.45, 7) is -0.153. The minimum absolute atomic E-state index is 0.153. The highest BCUT2D eigenvalue weighted by Gasteiger charge is 2.32. The van der Waals surface area contributed by atoms with Crippen molar-refractivity contribution in [1.82, 2.24) is 4.90 Å². The molecular formula is C10H11F2NO5S2. The van der Waals surface area contributed by atoms with E-state index in [0.717, 1.165) is 11.0 Å². The zero-order chi connectivity index (χ0) is 15.5. The Morgan fingerprint density at radius 2 is 2.05 bits per heavy atom. The van der Waals surface area contributed by atoms with E-state index in [9.17, 15) is 26.8 Å². The van der Waals surface area contributed by atoms with E-state index >= 15 is 0 Å². The zero-order valence-corrected chi connectivity index (χ0v) is 11.9. The first-order valence-corrected chi connectivity index (χ1v) is 7.67. The van der Waals surface area contributed by atoms with E-state index in [2.05, 4.69) is 0 Å². The summed E-state index contributed by atoms with van der Waals surface area (Å²) < 4.78 is 47.8. The number of sulfone groups is 1. The van der Waals surface area contributed by atoms with E-state index in [4.69, 9.17) is 5.11 Å². The van der Waals surface area contributed by atoms with Crippen molar-refractivity contribution in [2.24, 2.45) is 0 Å². The van der Waals surface area contributed by atoms with E-state index in [0.29, 0.717) is 11.3 Å². The quantitative estimate of drug-likeness (QED) is 0.850. The first-order valence-electron chi connectivity index (χ1n) is 5.24. The smallest absolute Gasteiger partial charge is 0.341 e. The highest BCUT2D eigenvalue weighted by Crippen LogP contribution is 2.27. The average molecular weight is 327 g/mol. The number of carbonyl (C=O) groups excluding carboxylic acids is 1. The number of nitrogens with zero attached hydrogens (tertiary/aromatic N) is 1. The van der Waals surface area contributed by atoms with Gasteiger partial charge in [-0.05, 0) is 11.4 Å². The molecule has 0 aliphatic heterocycles. The lowest BCUT2D eigenvalue weighted by Crippen LogP contribution is -2.29. The Balaban J connectivity index is 3.02. The van der Waals surface area contributed by atoms with Crippen molar-refractivity contribution in [3.05, 3.63) is 16.3 Å². The number of rotatable bonds is 6. The minimum atomic E-state index is -4.86. The third-order valence-electron chi connectivity index (χ3n) is 2.37. The normalized spacial score (nSPS) is 11.6. The molecular weight excluding hydrogens is 316 g/mol. The SMILES string of the molecule is CN(CCC(=O)O)C(=O)c1sccc1S(=O)(=O)C(F)F. The van der Waals surface area contributed by atoms with Crippen LogP contribution in [0.1, 0.15) is 16.1 Å². The molecule has 0 fully saturated rings. The van der Waals surface area contributed by atoms with Crippen molar-refractivity contribution in [1.29, 1.82) is 0 Å². The molecule has 0 aromatic carbocycles. The fourth-order valence-corrected chi connectivity index (χ4v) is 3.47. The van der Waals surface area contributed by atoms with E-state index in [1.165, 1.54) is 12.4 Å². The van der Waals surface area contributed by atoms with E-state index < -0.39 is 32.4 Å². The van der Waals surface area contributed by atoms with E-state index in [-0.39, 0.29) is 17.8 Å². The van der Waals surface area contributed by atoms with E-state index in [1.807, 2.05) is 0 Å². The predicted molar refractivity (Wildman–Crippen MR) is 66.7 cm³/mol. The topological polar surface area (TPSA) is 91.8 Å². The third kappa shape index (κ3) is 3.51. The predicted octanol–water partition coefficient (Wildman–Crippen LogP) is 1.29. The number of thiophene rings is 1. The molecule has 1 aromatic heterocycles. The Morgan fingerprint density at radius 1 is 1.45 bits per heavy atom. The molecule has 1 rings (SSSR count). The summed E-state index contributed by atoms with van der Waals surface area (Å²) in [5.41, 5.74) is 0. The van der Waals surface area contributed by atoms with Crippen molar-refractivity contribution in [2.75, 3.05) is 13.6 Å². The lowest BCUT2D eigenvalue weighted by atomic mass is 10.3. The summed E-state index contributed by atoms with van der Waals surface area (Å²) in [5.74, 6) is -5.55. The monoisotopic (exact) mass is 327 g/mol. The molecule has 1 N–H and O–H groups in total. The number of halogens is 2. The van der Waals surface area contributed by atoms with Gasteiger partial charge in [-0.3, -0.25) is 9.59 Å². The lowest BCUT2D eigenvalue weighted by molar-refractivity contribution is -0.137. The molecule has 0 saturated heterocycles. The fourth-order valence-electron chi connectivity index (χ4n) is 1.31. The maximum Gasteiger partial charge on any atom is 0.341 e. The standard InChI is InChI=1S/C10H11F2NO5S2/c1-13(4-2-7(14)15)9(16)8-6(3-5-19-8)20(17,18)10(11)12/h3,5,10H,2,4H2,1H3,(H,14,15). The highest BCUT2D eigenvalue weighted by atomic mass is 32.2. The van der Waals surface area contributed by atoms with Crippen molar-refractivity contribution in [3.8, 4) is 0 Å². The molecule has 0 unspecified atom stereocenters. The molecule has 1 amide bonds. The number of hydrogen-bond acceptors (Lipinski definition) is 5. The van der Waals surface area contributed by atoms with Crippen LogP contribution < -0.4 is 0 Å². The summed E-state index contributed by atoms with van der Waals surface area (Å²) in [6, 6.07) is 0.935. The van der Waals surface area contributed by atoms with Crippen molar-refractivity contribution in [3.63, 3.8) is 0 Å². The van der Waals surface area contributed by atoms with Gasteiger partial charge in [0.25, 0.3) is 5.91 Å². The number of aliphatic carboxylic acids is 1. The third-order valence-corrected chi connectivity index (χ3v) is 4.83. The Hall–Kier alpha value is -1.55. The first-order chi connectivity index (χ1) is 9.17. The van der Waals surface area contributed by atoms with Crippen LogP contribution in [0.2, 0.25) is 0 Å². The van der Waals surface area contributed by atoms with Gasteiger partial charge in [-0.1, -0.05) is 0 Å². The molecule has 10 heteroatoms. The second-order valence-corrected chi connectivity index (χ2v) is 6.59. The minimum Gasteiger partial charge on any atom is -0.481 e. The average Bonchev–Trinajstić information content (AvgIpc) is 2.84. The van der Waals surface area contributed by atoms with Crippen LogP contribution in [0, 0.1) is 0 Å². The van der Waals surface area contributed by atoms with Crippen LogP contribution in [0.25, 0.3) is 0 Å². The van der Waals surface area contributed by atoms with Crippen LogP contribution in [0.15, 0.2) is 16.3 Å². The molecule has 0 atom stereocenters. The summed E-state index contributed by atoms with van der Waals surface area (Å²) in [7, 11) is -3.59. The Bertz CT molecular complexity index is 611. The molecule has 1 heterocycles. The molecule has 112 valence electrons. The molecule has 6 nitrogen and oxygen atoms in total. The molecule has 0 spiro atoms. The van der Waals surface area contributed by atoms with Crippen LogP contribution in [0.4, 0.5) is 8.78 Å². The van der Waals surface area contributed by atoms with Crippen molar-refractivity contribution < 1.29 is 31.9 Å². The Labute approximate surface area is 117 Å². The van der Waals surface area contributed by atoms with Gasteiger partial charge in [0.15, 0.2) is 0 Å². The van der Waals surface area contributed by atoms with Gasteiger partial charge in [0.1, 0.15) is 4.88 Å². The molecule has 0 bridgehead atoms. The number of carboxylic acid groups (broad SMARTS) is 1. The lowest BCUT2D eigenvalue weighted by Gasteiger charge is -2.15. The van der Waals surface area contributed by atoms with Gasteiger partial charge >= 0.3 is 11.7 Å². The van der Waals surface area contributed by atoms with Crippen LogP contribution in [-0.2, 0) is 14.6 Å². The molecule has 20 heavy (non-hydrogen) atoms. The molecule has 0 saturated carbocycles. The van der Waals surface area contributed by atoms with Gasteiger partial charge in [-0.2, -0.15) is 8.78 Å². The Morgan fingerprint density at radius 3 is 2.55 bits per heavy atom. The fraction of sp³-hybridized carbons (Fsp3) is 0.400. The van der Waals surface area contributed by atoms with E-state index in [1.54, 1.807) is 0 Å². The second kappa shape index (κ2) is 6.27. The van der Waals surface area contributed by atoms with Gasteiger partial charge in [0.05, 0.1) is 11.3 Å². The summed E-state index contributed by atoms with van der Waals surface area (Å²) in [5, 5.41) is 9.72. The Kier molecular flexibility index (Phi) is 5.17. The maximum absolute atomic E-state index is 12.5. The molecule has 0 radical (unpaired) electrons. The second-order valence-electron chi connectivity index (χ2n) is 3.79. The van der Waals surface area contributed by atoms with Crippen LogP contribution in [0.5, 0.6) is 0 Å². The summed E-state index contributed by atoms with van der Waals surface area (Å²) in [4.78, 5) is 22.2. The summed E-state index contributed by atoms with van der Waals surface area (Å²) in [6.07, 6.45) is -0.329. The number of carbonyl (C=O) groups is 2. The number of amides is 1. The van der Waals surface area contributed by atoms with Gasteiger partial charge in [-0.25, -0.2) is 8.42 Å². The highest BCUT2D eigenvalue weighted by molar-refractivity contribution is 7.92. The van der Waals surface area contributed by atoms with Crippen molar-refractivity contribution >= 4 is 33.1 Å². The first kappa shape index (κ1) is 16.5. The van der Waals surface area contributed by atoms with Gasteiger partial charge in [-0.15, -0.1) is 11.3 Å². The molecule has 0 aliphatic rings. The van der Waals surface area contributed by atoms with Gasteiger partial charge < -0.3 is 10.0 Å². The van der Waals surface area contributed by atoms with Crippen LogP contribution >= 0.6 is 11.3 Å². The van der Waals surface area contributed by atoms with Gasteiger partial charge in [0, 0.05) is 13.6 Å². The maximum atomic E-state index is 12.5. The molecule has 1 aromatic rings. The number of alkyl halides is 2.